The van der Waals surface area contributed by atoms with Crippen molar-refractivity contribution in [2.24, 2.45) is 11.7 Å². The van der Waals surface area contributed by atoms with Gasteiger partial charge >= 0.3 is 0 Å². The van der Waals surface area contributed by atoms with Gasteiger partial charge in [0.2, 0.25) is 0 Å². The monoisotopic (exact) mass is 138 g/mol. The van der Waals surface area contributed by atoms with Gasteiger partial charge in [0, 0.05) is 0 Å². The molecule has 0 saturated carbocycles. The Morgan fingerprint density at radius 2 is 1.60 bits per heavy atom. The second kappa shape index (κ2) is 31.4. The molecule has 5 heavy (non-hydrogen) atoms. The molecular formula is C2H7BrN2. The first-order valence-electron chi connectivity index (χ1n) is 0.960. The maximum Gasteiger partial charge on any atom is -0.0261 e. The lowest BCUT2D eigenvalue weighted by molar-refractivity contribution is 1.26. The summed E-state index contributed by atoms with van der Waals surface area (Å²) < 4.78 is 0. The molecule has 0 aliphatic heterocycles. The zero-order valence-electron chi connectivity index (χ0n) is 2.82. The highest BCUT2D eigenvalue weighted by molar-refractivity contribution is 9.11. The van der Waals surface area contributed by atoms with Gasteiger partial charge < -0.3 is 0 Å². The van der Waals surface area contributed by atoms with Gasteiger partial charge in [0.1, 0.15) is 0 Å². The molecule has 0 radical (unpaired) electrons. The molecule has 0 heterocycles. The topological polar surface area (TPSA) is 52.0 Å². The molecule has 0 amide bonds. The second-order valence-corrected chi connectivity index (χ2v) is 0.802. The van der Waals surface area contributed by atoms with E-state index in [1.54, 1.807) is 4.99 Å². The van der Waals surface area contributed by atoms with Gasteiger partial charge in [0.05, 0.1) is 0 Å². The van der Waals surface area contributed by atoms with Crippen LogP contribution >= 0.6 is 15.9 Å². The number of hydrogen-bond donors (Lipinski definition) is 2. The Hall–Kier alpha value is 0.140. The van der Waals surface area contributed by atoms with E-state index in [0.717, 1.165) is 0 Å². The van der Waals surface area contributed by atoms with Crippen LogP contribution in [0.4, 0.5) is 0 Å². The third kappa shape index (κ3) is 967. The average molecular weight is 139 g/mol. The van der Waals surface area contributed by atoms with Crippen LogP contribution in [0.1, 0.15) is 0 Å². The Balaban J connectivity index is 0. The van der Waals surface area contributed by atoms with Crippen LogP contribution in [0.15, 0.2) is 11.6 Å². The lowest BCUT2D eigenvalue weighted by Crippen LogP contribution is -2.02. The maximum atomic E-state index is 4.00. The first kappa shape index (κ1) is 8.94. The predicted molar refractivity (Wildman–Crippen MR) is 27.5 cm³/mol. The molecule has 0 aliphatic rings. The third-order valence-corrected chi connectivity index (χ3v) is 0. The van der Waals surface area contributed by atoms with E-state index >= 15 is 0 Å². The third-order valence-electron chi connectivity index (χ3n) is 0. The summed E-state index contributed by atoms with van der Waals surface area (Å²) in [4.78, 5) is 1.56. The molecule has 0 spiro atoms. The van der Waals surface area contributed by atoms with Gasteiger partial charge in [-0.3, -0.25) is 11.7 Å². The van der Waals surface area contributed by atoms with Crippen molar-refractivity contribution in [3.8, 4) is 0 Å². The molecule has 0 aromatic rings. The van der Waals surface area contributed by atoms with Crippen LogP contribution in [-0.2, 0) is 0 Å². The van der Waals surface area contributed by atoms with Crippen molar-refractivity contribution in [3.63, 3.8) is 0 Å². The fourth-order valence-corrected chi connectivity index (χ4v) is 0. The predicted octanol–water partition coefficient (Wildman–Crippen LogP) is 0.344. The van der Waals surface area contributed by atoms with Crippen LogP contribution in [0, 0.1) is 0 Å². The molecule has 0 rings (SSSR count). The van der Waals surface area contributed by atoms with Crippen LogP contribution in [0.3, 0.4) is 0 Å². The first-order chi connectivity index (χ1) is 2.41. The number of hydrogen-bond acceptors (Lipinski definition) is 2. The summed E-state index contributed by atoms with van der Waals surface area (Å²) in [5.41, 5.74) is 0. The van der Waals surface area contributed by atoms with Crippen molar-refractivity contribution < 1.29 is 0 Å². The number of hydrazine groups is 1. The van der Waals surface area contributed by atoms with Crippen LogP contribution < -0.4 is 11.7 Å². The summed E-state index contributed by atoms with van der Waals surface area (Å²) in [7, 11) is 0. The molecule has 32 valence electrons. The van der Waals surface area contributed by atoms with Gasteiger partial charge in [-0.2, -0.15) is 0 Å². The molecule has 0 unspecified atom stereocenters. The van der Waals surface area contributed by atoms with E-state index in [4.69, 9.17) is 0 Å². The lowest BCUT2D eigenvalue weighted by Gasteiger charge is -1.27. The number of halogens is 1. The Bertz CT molecular complexity index is 15.1. The Morgan fingerprint density at radius 1 is 1.60 bits per heavy atom. The second-order valence-electron chi connectivity index (χ2n) is 0.154. The molecule has 0 fully saturated rings. The Kier molecular flexibility index (Phi) is 56.1. The van der Waals surface area contributed by atoms with Crippen LogP contribution in [0.2, 0.25) is 0 Å². The van der Waals surface area contributed by atoms with E-state index < -0.39 is 0 Å². The average Bonchev–Trinajstić information content (AvgIpc) is 1.46. The zero-order valence-corrected chi connectivity index (χ0v) is 4.40. The largest absolute Gasteiger partial charge is 0.274 e. The van der Waals surface area contributed by atoms with E-state index in [2.05, 4.69) is 34.2 Å². The summed E-state index contributed by atoms with van der Waals surface area (Å²) >= 11 is 2.91. The van der Waals surface area contributed by atoms with Crippen LogP contribution in [0.5, 0.6) is 0 Å². The summed E-state index contributed by atoms with van der Waals surface area (Å²) in [5, 5.41) is 0. The molecule has 0 aliphatic carbocycles. The van der Waals surface area contributed by atoms with Crippen molar-refractivity contribution >= 4 is 15.9 Å². The molecule has 0 bridgehead atoms. The summed E-state index contributed by atoms with van der Waals surface area (Å²) in [6.45, 7) is 3.28. The molecule has 2 nitrogen and oxygen atoms in total. The highest BCUT2D eigenvalue weighted by atomic mass is 79.9. The molecular weight excluding hydrogens is 132 g/mol. The van der Waals surface area contributed by atoms with Gasteiger partial charge in [0.15, 0.2) is 0 Å². The minimum Gasteiger partial charge on any atom is -0.274 e. The zero-order chi connectivity index (χ0) is 4.71. The van der Waals surface area contributed by atoms with Crippen LogP contribution in [0.25, 0.3) is 0 Å². The smallest absolute Gasteiger partial charge is 0.0261 e. The minimum absolute atomic E-state index is 1.56. The van der Waals surface area contributed by atoms with Crippen molar-refractivity contribution in [1.29, 1.82) is 0 Å². The van der Waals surface area contributed by atoms with Gasteiger partial charge in [0.25, 0.3) is 0 Å². The molecule has 0 aromatic heterocycles. The SMILES string of the molecule is C=CBr.NN. The van der Waals surface area contributed by atoms with Crippen molar-refractivity contribution in [2.75, 3.05) is 0 Å². The maximum absolute atomic E-state index is 4.00. The van der Waals surface area contributed by atoms with E-state index in [9.17, 15) is 0 Å². The number of nitrogens with two attached hydrogens (primary N) is 2. The molecule has 0 saturated heterocycles. The molecule has 0 aromatic carbocycles. The first-order valence-corrected chi connectivity index (χ1v) is 1.88. The standard InChI is InChI=1S/C2H3Br.H4N2/c1-2-3;1-2/h2H,1H2;1-2H2. The van der Waals surface area contributed by atoms with Crippen molar-refractivity contribution in [1.82, 2.24) is 0 Å². The van der Waals surface area contributed by atoms with E-state index in [1.807, 2.05) is 0 Å². The fourth-order valence-electron chi connectivity index (χ4n) is 0. The van der Waals surface area contributed by atoms with Crippen molar-refractivity contribution in [2.45, 2.75) is 0 Å². The minimum atomic E-state index is 1.56. The molecule has 4 N–H and O–H groups in total. The van der Waals surface area contributed by atoms with Gasteiger partial charge in [-0.05, 0) is 4.99 Å². The lowest BCUT2D eigenvalue weighted by atomic mass is 11.3. The van der Waals surface area contributed by atoms with Crippen molar-refractivity contribution in [3.05, 3.63) is 11.6 Å². The number of rotatable bonds is 0. The highest BCUT2D eigenvalue weighted by Crippen LogP contribution is 1.68. The van der Waals surface area contributed by atoms with Gasteiger partial charge in [-0.15, -0.1) is 0 Å². The summed E-state index contributed by atoms with van der Waals surface area (Å²) in [6, 6.07) is 0. The summed E-state index contributed by atoms with van der Waals surface area (Å²) in [6.07, 6.45) is 0. The fraction of sp³-hybridized carbons (Fsp3) is 0. The van der Waals surface area contributed by atoms with Crippen LogP contribution in [-0.4, -0.2) is 0 Å². The normalized spacial score (nSPS) is 3.80. The van der Waals surface area contributed by atoms with Gasteiger partial charge in [-0.1, -0.05) is 22.5 Å². The van der Waals surface area contributed by atoms with E-state index in [-0.39, 0.29) is 0 Å². The molecule has 3 heteroatoms. The quantitative estimate of drug-likeness (QED) is 0.375. The molecule has 0 atom stereocenters. The van der Waals surface area contributed by atoms with E-state index in [1.165, 1.54) is 0 Å². The highest BCUT2D eigenvalue weighted by Gasteiger charge is 1.18. The van der Waals surface area contributed by atoms with E-state index in [0.29, 0.717) is 0 Å². The summed E-state index contributed by atoms with van der Waals surface area (Å²) in [5.74, 6) is 8.00. The van der Waals surface area contributed by atoms with Gasteiger partial charge in [-0.25, -0.2) is 0 Å². The Labute approximate surface area is 39.9 Å². The Morgan fingerprint density at radius 3 is 1.60 bits per heavy atom.